The third-order valence-electron chi connectivity index (χ3n) is 2.35. The molecule has 2 rings (SSSR count). The summed E-state index contributed by atoms with van der Waals surface area (Å²) in [4.78, 5) is 11.0. The molecule has 6 nitrogen and oxygen atoms in total. The lowest BCUT2D eigenvalue weighted by Gasteiger charge is -2.36. The highest BCUT2D eigenvalue weighted by molar-refractivity contribution is 7.84. The van der Waals surface area contributed by atoms with Crippen LogP contribution in [0.25, 0.3) is 0 Å². The number of fused-ring (bicyclic) bond motifs is 1. The molecule has 0 aromatic carbocycles. The SMILES string of the molecule is O=C1C2[NH2+]CCC2N1S(=O)(=O)O. The first kappa shape index (κ1) is 7.96. The quantitative estimate of drug-likeness (QED) is 0.351. The molecule has 2 atom stereocenters. The van der Waals surface area contributed by atoms with Gasteiger partial charge in [-0.2, -0.15) is 8.42 Å². The highest BCUT2D eigenvalue weighted by Crippen LogP contribution is 2.25. The van der Waals surface area contributed by atoms with Crippen molar-refractivity contribution in [1.82, 2.24) is 4.31 Å². The zero-order valence-electron chi connectivity index (χ0n) is 6.17. The molecule has 0 bridgehead atoms. The van der Waals surface area contributed by atoms with Gasteiger partial charge < -0.3 is 5.32 Å². The Morgan fingerprint density at radius 2 is 2.25 bits per heavy atom. The van der Waals surface area contributed by atoms with Crippen molar-refractivity contribution in [2.24, 2.45) is 0 Å². The molecule has 12 heavy (non-hydrogen) atoms. The van der Waals surface area contributed by atoms with Crippen molar-refractivity contribution in [2.45, 2.75) is 18.5 Å². The van der Waals surface area contributed by atoms with Crippen LogP contribution in [0.4, 0.5) is 0 Å². The van der Waals surface area contributed by atoms with Crippen LogP contribution < -0.4 is 5.32 Å². The lowest BCUT2D eigenvalue weighted by Crippen LogP contribution is -2.95. The fourth-order valence-electron chi connectivity index (χ4n) is 1.82. The van der Waals surface area contributed by atoms with Crippen LogP contribution in [0.1, 0.15) is 6.42 Å². The summed E-state index contributed by atoms with van der Waals surface area (Å²) in [7, 11) is -4.31. The average molecular weight is 193 g/mol. The highest BCUT2D eigenvalue weighted by atomic mass is 32.2. The number of amides is 1. The first-order chi connectivity index (χ1) is 5.52. The molecule has 2 aliphatic rings. The zero-order valence-corrected chi connectivity index (χ0v) is 6.99. The minimum Gasteiger partial charge on any atom is -0.334 e. The third kappa shape index (κ3) is 0.869. The van der Waals surface area contributed by atoms with Crippen molar-refractivity contribution < 1.29 is 23.1 Å². The molecule has 0 spiro atoms. The maximum Gasteiger partial charge on any atom is 0.362 e. The number of nitrogens with zero attached hydrogens (tertiary/aromatic N) is 1. The maximum atomic E-state index is 11.0. The first-order valence-corrected chi connectivity index (χ1v) is 5.05. The van der Waals surface area contributed by atoms with Crippen LogP contribution >= 0.6 is 0 Å². The molecule has 2 aliphatic heterocycles. The van der Waals surface area contributed by atoms with Crippen LogP contribution in [0.15, 0.2) is 0 Å². The van der Waals surface area contributed by atoms with Crippen molar-refractivity contribution in [3.05, 3.63) is 0 Å². The summed E-state index contributed by atoms with van der Waals surface area (Å²) >= 11 is 0. The van der Waals surface area contributed by atoms with Crippen LogP contribution in [-0.2, 0) is 15.1 Å². The van der Waals surface area contributed by atoms with E-state index in [0.717, 1.165) is 6.54 Å². The molecule has 0 saturated carbocycles. The van der Waals surface area contributed by atoms with Gasteiger partial charge in [-0.3, -0.25) is 9.35 Å². The van der Waals surface area contributed by atoms with E-state index in [9.17, 15) is 13.2 Å². The van der Waals surface area contributed by atoms with Gasteiger partial charge in [-0.05, 0) is 0 Å². The number of β-lactam (4-membered cyclic amide) rings is 1. The van der Waals surface area contributed by atoms with Crippen molar-refractivity contribution in [3.63, 3.8) is 0 Å². The van der Waals surface area contributed by atoms with Crippen molar-refractivity contribution in [1.29, 1.82) is 0 Å². The number of rotatable bonds is 1. The van der Waals surface area contributed by atoms with Crippen molar-refractivity contribution in [3.8, 4) is 0 Å². The molecule has 7 heteroatoms. The first-order valence-electron chi connectivity index (χ1n) is 3.66. The van der Waals surface area contributed by atoms with E-state index in [2.05, 4.69) is 0 Å². The molecule has 0 aromatic rings. The lowest BCUT2D eigenvalue weighted by molar-refractivity contribution is -0.664. The Kier molecular flexibility index (Phi) is 1.45. The minimum absolute atomic E-state index is 0.271. The van der Waals surface area contributed by atoms with E-state index in [1.54, 1.807) is 5.32 Å². The Morgan fingerprint density at radius 1 is 1.58 bits per heavy atom. The summed E-state index contributed by atoms with van der Waals surface area (Å²) in [5, 5.41) is 1.80. The summed E-state index contributed by atoms with van der Waals surface area (Å²) in [5.41, 5.74) is 0. The van der Waals surface area contributed by atoms with Gasteiger partial charge in [-0.25, -0.2) is 4.31 Å². The second-order valence-corrected chi connectivity index (χ2v) is 4.31. The number of quaternary nitrogens is 1. The Balaban J connectivity index is 2.26. The number of nitrogens with two attached hydrogens (primary N) is 1. The second-order valence-electron chi connectivity index (χ2n) is 3.02. The minimum atomic E-state index is -4.31. The standard InChI is InChI=1S/C5H8N2O4S/c8-5-4-3(1-2-6-4)7(5)12(9,10)11/h3-4,6H,1-2H2,(H,9,10,11)/p+1. The molecule has 1 amide bonds. The molecule has 68 valence electrons. The van der Waals surface area contributed by atoms with Gasteiger partial charge in [0, 0.05) is 6.42 Å². The Bertz CT molecular complexity index is 324. The summed E-state index contributed by atoms with van der Waals surface area (Å²) in [6, 6.07) is -0.584. The number of carbonyl (C=O) groups excluding carboxylic acids is 1. The van der Waals surface area contributed by atoms with Crippen LogP contribution in [0.2, 0.25) is 0 Å². The normalized spacial score (nSPS) is 34.8. The molecule has 3 N–H and O–H groups in total. The molecule has 2 saturated heterocycles. The van der Waals surface area contributed by atoms with Gasteiger partial charge in [-0.1, -0.05) is 0 Å². The summed E-state index contributed by atoms with van der Waals surface area (Å²) in [6.45, 7) is 0.743. The Morgan fingerprint density at radius 3 is 2.83 bits per heavy atom. The van der Waals surface area contributed by atoms with E-state index in [0.29, 0.717) is 10.7 Å². The average Bonchev–Trinajstić information content (AvgIpc) is 2.27. The molecule has 0 aliphatic carbocycles. The van der Waals surface area contributed by atoms with E-state index in [4.69, 9.17) is 4.55 Å². The number of carbonyl (C=O) groups is 1. The molecule has 0 aromatic heterocycles. The van der Waals surface area contributed by atoms with Gasteiger partial charge in [-0.15, -0.1) is 0 Å². The molecule has 2 fully saturated rings. The van der Waals surface area contributed by atoms with Crippen LogP contribution in [-0.4, -0.2) is 41.8 Å². The van der Waals surface area contributed by atoms with Gasteiger partial charge in [0.1, 0.15) is 6.04 Å². The Hall–Kier alpha value is -0.660. The Labute approximate surface area is 69.4 Å². The molecular weight excluding hydrogens is 184 g/mol. The summed E-state index contributed by atoms with van der Waals surface area (Å²) in [6.07, 6.45) is 0.635. The van der Waals surface area contributed by atoms with E-state index in [1.165, 1.54) is 0 Å². The van der Waals surface area contributed by atoms with Gasteiger partial charge in [0.25, 0.3) is 5.91 Å². The molecule has 0 radical (unpaired) electrons. The zero-order chi connectivity index (χ0) is 8.93. The molecular formula is C5H9N2O4S+. The maximum absolute atomic E-state index is 11.0. The fourth-order valence-corrected chi connectivity index (χ4v) is 2.75. The van der Waals surface area contributed by atoms with E-state index >= 15 is 0 Å². The number of hydrogen-bond acceptors (Lipinski definition) is 3. The summed E-state index contributed by atoms with van der Waals surface area (Å²) < 4.78 is 30.4. The summed E-state index contributed by atoms with van der Waals surface area (Å²) in [5.74, 6) is -0.500. The third-order valence-corrected chi connectivity index (χ3v) is 3.30. The van der Waals surface area contributed by atoms with E-state index in [1.807, 2.05) is 0 Å². The van der Waals surface area contributed by atoms with Gasteiger partial charge in [0.05, 0.1) is 6.54 Å². The van der Waals surface area contributed by atoms with Crippen LogP contribution in [0.3, 0.4) is 0 Å². The van der Waals surface area contributed by atoms with Gasteiger partial charge >= 0.3 is 10.3 Å². The van der Waals surface area contributed by atoms with Gasteiger partial charge in [0.2, 0.25) is 0 Å². The van der Waals surface area contributed by atoms with E-state index < -0.39 is 16.2 Å². The largest absolute Gasteiger partial charge is 0.362 e. The smallest absolute Gasteiger partial charge is 0.334 e. The molecule has 2 heterocycles. The number of hydrogen-bond donors (Lipinski definition) is 2. The van der Waals surface area contributed by atoms with E-state index in [-0.39, 0.29) is 12.1 Å². The predicted octanol–water partition coefficient (Wildman–Crippen LogP) is -2.66. The van der Waals surface area contributed by atoms with Crippen molar-refractivity contribution >= 4 is 16.2 Å². The van der Waals surface area contributed by atoms with Crippen molar-refractivity contribution in [2.75, 3.05) is 6.54 Å². The predicted molar refractivity (Wildman–Crippen MR) is 37.4 cm³/mol. The topological polar surface area (TPSA) is 91.3 Å². The van der Waals surface area contributed by atoms with Gasteiger partial charge in [0.15, 0.2) is 6.04 Å². The monoisotopic (exact) mass is 193 g/mol. The highest BCUT2D eigenvalue weighted by Gasteiger charge is 2.58. The van der Waals surface area contributed by atoms with Crippen LogP contribution in [0, 0.1) is 0 Å². The fraction of sp³-hybridized carbons (Fsp3) is 0.800. The molecule has 2 unspecified atom stereocenters. The lowest BCUT2D eigenvalue weighted by atomic mass is 10.0. The second kappa shape index (κ2) is 2.18. The van der Waals surface area contributed by atoms with Crippen LogP contribution in [0.5, 0.6) is 0 Å².